The summed E-state index contributed by atoms with van der Waals surface area (Å²) in [6.45, 7) is 2.53. The van der Waals surface area contributed by atoms with Crippen LogP contribution in [0.5, 0.6) is 17.2 Å². The van der Waals surface area contributed by atoms with E-state index in [9.17, 15) is 9.59 Å². The number of anilines is 1. The average molecular weight is 444 g/mol. The summed E-state index contributed by atoms with van der Waals surface area (Å²) in [4.78, 5) is 30.0. The van der Waals surface area contributed by atoms with Crippen LogP contribution in [0.15, 0.2) is 46.3 Å². The normalized spacial score (nSPS) is 10.7. The van der Waals surface area contributed by atoms with Crippen molar-refractivity contribution in [1.29, 1.82) is 0 Å². The lowest BCUT2D eigenvalue weighted by atomic mass is 10.2. The molecule has 164 valence electrons. The fourth-order valence-electron chi connectivity index (χ4n) is 3.16. The van der Waals surface area contributed by atoms with Gasteiger partial charge >= 0.3 is 0 Å². The maximum Gasteiger partial charge on any atom is 0.262 e. The Balaban J connectivity index is 1.80. The minimum atomic E-state index is -0.246. The summed E-state index contributed by atoms with van der Waals surface area (Å²) in [7, 11) is 4.54. The summed E-state index contributed by atoms with van der Waals surface area (Å²) in [5.41, 5.74) is 1.03. The zero-order chi connectivity index (χ0) is 22.4. The average Bonchev–Trinajstić information content (AvgIpc) is 2.79. The van der Waals surface area contributed by atoms with E-state index in [1.807, 2.05) is 19.1 Å². The second-order valence-electron chi connectivity index (χ2n) is 6.62. The van der Waals surface area contributed by atoms with Gasteiger partial charge in [-0.1, -0.05) is 30.8 Å². The number of methoxy groups -OCH3 is 3. The van der Waals surface area contributed by atoms with Crippen molar-refractivity contribution in [1.82, 2.24) is 9.55 Å². The van der Waals surface area contributed by atoms with E-state index in [2.05, 4.69) is 10.3 Å². The molecule has 0 atom stereocenters. The van der Waals surface area contributed by atoms with Gasteiger partial charge in [0.2, 0.25) is 11.7 Å². The highest BCUT2D eigenvalue weighted by Gasteiger charge is 2.16. The molecule has 8 nitrogen and oxygen atoms in total. The SMILES string of the molecule is CCCn1c(SCC(=O)Nc2cc(OC)c(OC)c(OC)c2)nc2ccccc2c1=O. The van der Waals surface area contributed by atoms with Gasteiger partial charge in [0.1, 0.15) is 0 Å². The number of fused-ring (bicyclic) bond motifs is 1. The largest absolute Gasteiger partial charge is 0.493 e. The Morgan fingerprint density at radius 1 is 1.10 bits per heavy atom. The Labute approximate surface area is 184 Å². The van der Waals surface area contributed by atoms with E-state index in [0.29, 0.717) is 45.5 Å². The number of hydrogen-bond acceptors (Lipinski definition) is 7. The van der Waals surface area contributed by atoms with Gasteiger partial charge in [0, 0.05) is 24.4 Å². The molecule has 0 spiro atoms. The van der Waals surface area contributed by atoms with Crippen molar-refractivity contribution < 1.29 is 19.0 Å². The zero-order valence-electron chi connectivity index (χ0n) is 17.9. The highest BCUT2D eigenvalue weighted by Crippen LogP contribution is 2.40. The predicted molar refractivity (Wildman–Crippen MR) is 122 cm³/mol. The van der Waals surface area contributed by atoms with Crippen LogP contribution in [0.2, 0.25) is 0 Å². The van der Waals surface area contributed by atoms with Crippen LogP contribution in [-0.2, 0) is 11.3 Å². The fraction of sp³-hybridized carbons (Fsp3) is 0.318. The molecule has 0 unspecified atom stereocenters. The Morgan fingerprint density at radius 2 is 1.77 bits per heavy atom. The molecule has 0 radical (unpaired) electrons. The number of benzene rings is 2. The molecule has 31 heavy (non-hydrogen) atoms. The van der Waals surface area contributed by atoms with E-state index in [1.54, 1.807) is 28.8 Å². The molecule has 0 fully saturated rings. The third kappa shape index (κ3) is 4.93. The van der Waals surface area contributed by atoms with Gasteiger partial charge in [-0.05, 0) is 18.6 Å². The third-order valence-corrected chi connectivity index (χ3v) is 5.53. The minimum absolute atomic E-state index is 0.0884. The first-order valence-corrected chi connectivity index (χ1v) is 10.7. The number of amides is 1. The second-order valence-corrected chi connectivity index (χ2v) is 7.56. The Kier molecular flexibility index (Phi) is 7.41. The lowest BCUT2D eigenvalue weighted by molar-refractivity contribution is -0.113. The van der Waals surface area contributed by atoms with Crippen LogP contribution < -0.4 is 25.1 Å². The number of ether oxygens (including phenoxy) is 3. The molecule has 0 saturated heterocycles. The number of aromatic nitrogens is 2. The molecule has 0 aliphatic rings. The summed E-state index contributed by atoms with van der Waals surface area (Å²) in [5.74, 6) is 1.17. The molecule has 3 rings (SSSR count). The molecule has 1 heterocycles. The van der Waals surface area contributed by atoms with Crippen molar-refractivity contribution >= 4 is 34.3 Å². The van der Waals surface area contributed by atoms with Crippen LogP contribution in [-0.4, -0.2) is 42.5 Å². The number of nitrogens with one attached hydrogen (secondary N) is 1. The van der Waals surface area contributed by atoms with Crippen LogP contribution in [0.1, 0.15) is 13.3 Å². The number of rotatable bonds is 9. The molecule has 9 heteroatoms. The van der Waals surface area contributed by atoms with Crippen molar-refractivity contribution in [2.75, 3.05) is 32.4 Å². The second kappa shape index (κ2) is 10.2. The number of carbonyl (C=O) groups is 1. The van der Waals surface area contributed by atoms with E-state index in [-0.39, 0.29) is 17.2 Å². The number of hydrogen-bond donors (Lipinski definition) is 1. The van der Waals surface area contributed by atoms with Gasteiger partial charge in [-0.15, -0.1) is 0 Å². The van der Waals surface area contributed by atoms with Crippen molar-refractivity contribution in [3.05, 3.63) is 46.8 Å². The van der Waals surface area contributed by atoms with Gasteiger partial charge in [-0.3, -0.25) is 14.2 Å². The molecule has 3 aromatic rings. The Hall–Kier alpha value is -3.20. The zero-order valence-corrected chi connectivity index (χ0v) is 18.7. The maximum atomic E-state index is 12.8. The highest BCUT2D eigenvalue weighted by atomic mass is 32.2. The van der Waals surface area contributed by atoms with Gasteiger partial charge < -0.3 is 19.5 Å². The molecule has 1 aromatic heterocycles. The summed E-state index contributed by atoms with van der Waals surface area (Å²) in [6, 6.07) is 10.5. The topological polar surface area (TPSA) is 91.7 Å². The first-order chi connectivity index (χ1) is 15.0. The molecule has 0 saturated carbocycles. The summed E-state index contributed by atoms with van der Waals surface area (Å²) < 4.78 is 17.6. The minimum Gasteiger partial charge on any atom is -0.493 e. The van der Waals surface area contributed by atoms with Gasteiger partial charge in [0.25, 0.3) is 5.56 Å². The smallest absolute Gasteiger partial charge is 0.262 e. The summed E-state index contributed by atoms with van der Waals surface area (Å²) in [5, 5.41) is 3.92. The van der Waals surface area contributed by atoms with Crippen LogP contribution in [0, 0.1) is 0 Å². The summed E-state index contributed by atoms with van der Waals surface area (Å²) in [6.07, 6.45) is 0.783. The number of para-hydroxylation sites is 1. The molecule has 0 aliphatic carbocycles. The number of carbonyl (C=O) groups excluding carboxylic acids is 1. The first-order valence-electron chi connectivity index (χ1n) is 9.74. The van der Waals surface area contributed by atoms with Crippen molar-refractivity contribution in [2.24, 2.45) is 0 Å². The molecule has 0 aliphatic heterocycles. The van der Waals surface area contributed by atoms with Crippen molar-refractivity contribution in [3.63, 3.8) is 0 Å². The van der Waals surface area contributed by atoms with Gasteiger partial charge in [0.05, 0.1) is 38.0 Å². The fourth-order valence-corrected chi connectivity index (χ4v) is 3.98. The molecule has 0 bridgehead atoms. The standard InChI is InChI=1S/C22H25N3O5S/c1-5-10-25-21(27)15-8-6-7-9-16(15)24-22(25)31-13-19(26)23-14-11-17(28-2)20(30-4)18(12-14)29-3/h6-9,11-12H,5,10,13H2,1-4H3,(H,23,26). The molecule has 1 N–H and O–H groups in total. The van der Waals surface area contributed by atoms with Crippen LogP contribution >= 0.6 is 11.8 Å². The predicted octanol–water partition coefficient (Wildman–Crippen LogP) is 3.56. The third-order valence-electron chi connectivity index (χ3n) is 4.55. The van der Waals surface area contributed by atoms with E-state index >= 15 is 0 Å². The van der Waals surface area contributed by atoms with Crippen LogP contribution in [0.3, 0.4) is 0 Å². The summed E-state index contributed by atoms with van der Waals surface area (Å²) >= 11 is 1.22. The quantitative estimate of drug-likeness (QED) is 0.399. The van der Waals surface area contributed by atoms with Crippen LogP contribution in [0.25, 0.3) is 10.9 Å². The van der Waals surface area contributed by atoms with Gasteiger partial charge in [0.15, 0.2) is 16.7 Å². The van der Waals surface area contributed by atoms with Crippen LogP contribution in [0.4, 0.5) is 5.69 Å². The van der Waals surface area contributed by atoms with Crippen molar-refractivity contribution in [3.8, 4) is 17.2 Å². The maximum absolute atomic E-state index is 12.8. The van der Waals surface area contributed by atoms with E-state index in [4.69, 9.17) is 14.2 Å². The number of thioether (sulfide) groups is 1. The Morgan fingerprint density at radius 3 is 2.39 bits per heavy atom. The van der Waals surface area contributed by atoms with Gasteiger partial charge in [-0.2, -0.15) is 0 Å². The molecular weight excluding hydrogens is 418 g/mol. The first kappa shape index (κ1) is 22.5. The lowest BCUT2D eigenvalue weighted by Gasteiger charge is -2.15. The van der Waals surface area contributed by atoms with E-state index in [0.717, 1.165) is 6.42 Å². The molecule has 1 amide bonds. The van der Waals surface area contributed by atoms with Gasteiger partial charge in [-0.25, -0.2) is 4.98 Å². The number of nitrogens with zero attached hydrogens (tertiary/aromatic N) is 2. The lowest BCUT2D eigenvalue weighted by Crippen LogP contribution is -2.24. The Bertz CT molecular complexity index is 1120. The van der Waals surface area contributed by atoms with E-state index in [1.165, 1.54) is 33.1 Å². The van der Waals surface area contributed by atoms with Crippen molar-refractivity contribution in [2.45, 2.75) is 25.0 Å². The monoisotopic (exact) mass is 443 g/mol. The van der Waals surface area contributed by atoms with E-state index < -0.39 is 0 Å². The molecular formula is C22H25N3O5S. The highest BCUT2D eigenvalue weighted by molar-refractivity contribution is 7.99. The molecule has 2 aromatic carbocycles.